The van der Waals surface area contributed by atoms with Crippen LogP contribution in [0.15, 0.2) is 4.99 Å². The van der Waals surface area contributed by atoms with E-state index in [0.29, 0.717) is 12.3 Å². The fraction of sp³-hybridized carbons (Fsp3) is 0.700. The van der Waals surface area contributed by atoms with Crippen molar-refractivity contribution in [3.8, 4) is 0 Å². The zero-order valence-electron chi connectivity index (χ0n) is 10.6. The maximum absolute atomic E-state index is 11.9. The molecular weight excluding hydrogens is 258 g/mol. The Labute approximate surface area is 106 Å². The van der Waals surface area contributed by atoms with Crippen LogP contribution in [0.2, 0.25) is 0 Å². The van der Waals surface area contributed by atoms with Gasteiger partial charge >= 0.3 is 6.03 Å². The molecule has 1 unspecified atom stereocenters. The molecule has 2 N–H and O–H groups in total. The van der Waals surface area contributed by atoms with Gasteiger partial charge in [-0.3, -0.25) is 10.1 Å². The van der Waals surface area contributed by atoms with Crippen LogP contribution in [0.4, 0.5) is 4.79 Å². The first-order valence-corrected chi connectivity index (χ1v) is 7.17. The van der Waals surface area contributed by atoms with Crippen molar-refractivity contribution < 1.29 is 18.0 Å². The van der Waals surface area contributed by atoms with E-state index < -0.39 is 27.2 Å². The second kappa shape index (κ2) is 5.57. The van der Waals surface area contributed by atoms with Crippen molar-refractivity contribution in [3.05, 3.63) is 0 Å². The number of urea groups is 1. The first kappa shape index (κ1) is 14.8. The number of imide groups is 1. The van der Waals surface area contributed by atoms with Gasteiger partial charge in [-0.25, -0.2) is 22.9 Å². The van der Waals surface area contributed by atoms with E-state index in [9.17, 15) is 18.0 Å². The summed E-state index contributed by atoms with van der Waals surface area (Å²) in [6.07, 6.45) is 0.669. The predicted octanol–water partition coefficient (Wildman–Crippen LogP) is 0.0312. The van der Waals surface area contributed by atoms with E-state index in [1.165, 1.54) is 6.92 Å². The number of rotatable bonds is 5. The summed E-state index contributed by atoms with van der Waals surface area (Å²) >= 11 is 0. The molecule has 7 nitrogen and oxygen atoms in total. The van der Waals surface area contributed by atoms with Crippen molar-refractivity contribution in [2.45, 2.75) is 32.4 Å². The molecule has 8 heteroatoms. The van der Waals surface area contributed by atoms with Crippen molar-refractivity contribution in [1.82, 2.24) is 10.0 Å². The molecule has 1 rings (SSSR count). The molecule has 0 saturated carbocycles. The van der Waals surface area contributed by atoms with Gasteiger partial charge in [-0.05, 0) is 19.3 Å². The van der Waals surface area contributed by atoms with Crippen LogP contribution in [0.5, 0.6) is 0 Å². The molecule has 1 heterocycles. The predicted molar refractivity (Wildman–Crippen MR) is 66.8 cm³/mol. The zero-order chi connectivity index (χ0) is 13.9. The quantitative estimate of drug-likeness (QED) is 0.738. The van der Waals surface area contributed by atoms with Gasteiger partial charge in [0.15, 0.2) is 5.25 Å². The van der Waals surface area contributed by atoms with Crippen LogP contribution in [0, 0.1) is 5.92 Å². The normalized spacial score (nSPS) is 20.9. The lowest BCUT2D eigenvalue weighted by molar-refractivity contribution is -0.118. The largest absolute Gasteiger partial charge is 0.347 e. The van der Waals surface area contributed by atoms with Crippen LogP contribution in [0.3, 0.4) is 0 Å². The fourth-order valence-corrected chi connectivity index (χ4v) is 2.96. The Hall–Kier alpha value is -1.28. The third-order valence-corrected chi connectivity index (χ3v) is 4.24. The molecular formula is C10H17N3O4S. The molecule has 0 aromatic carbocycles. The minimum Gasteiger partial charge on any atom is -0.275 e. The van der Waals surface area contributed by atoms with E-state index >= 15 is 0 Å². The first-order chi connectivity index (χ1) is 8.24. The number of carbonyl (C=O) groups excluding carboxylic acids is 2. The molecule has 1 aliphatic rings. The molecule has 0 fully saturated rings. The molecule has 1 aliphatic heterocycles. The van der Waals surface area contributed by atoms with Crippen LogP contribution < -0.4 is 10.0 Å². The third-order valence-electron chi connectivity index (χ3n) is 2.46. The van der Waals surface area contributed by atoms with Gasteiger partial charge in [0.1, 0.15) is 0 Å². The van der Waals surface area contributed by atoms with Gasteiger partial charge in [0.2, 0.25) is 10.0 Å². The highest BCUT2D eigenvalue weighted by Crippen LogP contribution is 2.08. The minimum atomic E-state index is -3.85. The van der Waals surface area contributed by atoms with Gasteiger partial charge in [0.25, 0.3) is 5.91 Å². The van der Waals surface area contributed by atoms with E-state index in [1.807, 2.05) is 19.2 Å². The van der Waals surface area contributed by atoms with Gasteiger partial charge in [-0.2, -0.15) is 0 Å². The summed E-state index contributed by atoms with van der Waals surface area (Å²) in [6.45, 7) is 5.54. The number of aliphatic imine (C=N–C) groups is 1. The van der Waals surface area contributed by atoms with E-state index in [0.717, 1.165) is 0 Å². The SMILES string of the molecule is CC1=NC(=O)NC(=O)C1S(=O)(=O)NCCC(C)C. The zero-order valence-corrected chi connectivity index (χ0v) is 11.4. The molecule has 1 atom stereocenters. The first-order valence-electron chi connectivity index (χ1n) is 5.62. The lowest BCUT2D eigenvalue weighted by Crippen LogP contribution is -2.53. The summed E-state index contributed by atoms with van der Waals surface area (Å²) in [4.78, 5) is 25.9. The van der Waals surface area contributed by atoms with Crippen LogP contribution in [-0.4, -0.2) is 37.9 Å². The van der Waals surface area contributed by atoms with Crippen molar-refractivity contribution in [3.63, 3.8) is 0 Å². The van der Waals surface area contributed by atoms with Crippen LogP contribution >= 0.6 is 0 Å². The highest BCUT2D eigenvalue weighted by Gasteiger charge is 2.38. The van der Waals surface area contributed by atoms with Crippen LogP contribution in [0.1, 0.15) is 27.2 Å². The molecule has 0 radical (unpaired) electrons. The second-order valence-corrected chi connectivity index (χ2v) is 6.40. The van der Waals surface area contributed by atoms with Crippen molar-refractivity contribution in [1.29, 1.82) is 0 Å². The Bertz CT molecular complexity index is 481. The van der Waals surface area contributed by atoms with E-state index in [1.54, 1.807) is 0 Å². The van der Waals surface area contributed by atoms with Gasteiger partial charge in [-0.15, -0.1) is 0 Å². The van der Waals surface area contributed by atoms with Crippen LogP contribution in [-0.2, 0) is 14.8 Å². The molecule has 18 heavy (non-hydrogen) atoms. The minimum absolute atomic E-state index is 0.0132. The lowest BCUT2D eigenvalue weighted by Gasteiger charge is -2.20. The van der Waals surface area contributed by atoms with E-state index in [2.05, 4.69) is 9.71 Å². The standard InChI is InChI=1S/C10H17N3O4S/c1-6(2)4-5-11-18(16,17)8-7(3)12-10(15)13-9(8)14/h6,8,11H,4-5H2,1-3H3,(H,13,14,15). The maximum atomic E-state index is 11.9. The summed E-state index contributed by atoms with van der Waals surface area (Å²) in [7, 11) is -3.85. The fourth-order valence-electron chi connectivity index (χ4n) is 1.55. The molecule has 0 aromatic rings. The molecule has 0 saturated heterocycles. The van der Waals surface area contributed by atoms with Crippen molar-refractivity contribution in [2.24, 2.45) is 10.9 Å². The summed E-state index contributed by atoms with van der Waals surface area (Å²) < 4.78 is 26.2. The molecule has 3 amide bonds. The van der Waals surface area contributed by atoms with Gasteiger partial charge in [0, 0.05) is 12.3 Å². The number of nitrogens with zero attached hydrogens (tertiary/aromatic N) is 1. The van der Waals surface area contributed by atoms with E-state index in [4.69, 9.17) is 0 Å². The Morgan fingerprint density at radius 3 is 2.50 bits per heavy atom. The summed E-state index contributed by atoms with van der Waals surface area (Å²) in [5.74, 6) is -0.506. The highest BCUT2D eigenvalue weighted by molar-refractivity contribution is 7.91. The average molecular weight is 275 g/mol. The molecule has 0 aromatic heterocycles. The third kappa shape index (κ3) is 3.61. The van der Waals surface area contributed by atoms with Crippen molar-refractivity contribution in [2.75, 3.05) is 6.54 Å². The van der Waals surface area contributed by atoms with Gasteiger partial charge in [0.05, 0.1) is 0 Å². The number of nitrogens with one attached hydrogen (secondary N) is 2. The maximum Gasteiger partial charge on any atom is 0.347 e. The Balaban J connectivity index is 2.81. The number of amides is 3. The monoisotopic (exact) mass is 275 g/mol. The number of carbonyl (C=O) groups is 2. The molecule has 0 spiro atoms. The van der Waals surface area contributed by atoms with Crippen molar-refractivity contribution >= 4 is 27.7 Å². The summed E-state index contributed by atoms with van der Waals surface area (Å²) in [5.41, 5.74) is -0.0132. The van der Waals surface area contributed by atoms with Crippen LogP contribution in [0.25, 0.3) is 0 Å². The summed E-state index contributed by atoms with van der Waals surface area (Å²) in [6, 6.07) is -0.828. The Morgan fingerprint density at radius 1 is 1.39 bits per heavy atom. The molecule has 0 aliphatic carbocycles. The lowest BCUT2D eigenvalue weighted by atomic mass is 10.1. The number of sulfonamides is 1. The van der Waals surface area contributed by atoms with E-state index in [-0.39, 0.29) is 12.3 Å². The summed E-state index contributed by atoms with van der Waals surface area (Å²) in [5, 5.41) is 0.452. The second-order valence-electron chi connectivity index (χ2n) is 4.55. The Morgan fingerprint density at radius 2 is 2.00 bits per heavy atom. The Kier molecular flexibility index (Phi) is 4.58. The van der Waals surface area contributed by atoms with Gasteiger partial charge < -0.3 is 0 Å². The van der Waals surface area contributed by atoms with Gasteiger partial charge in [-0.1, -0.05) is 13.8 Å². The number of hydrogen-bond donors (Lipinski definition) is 2. The topological polar surface area (TPSA) is 105 Å². The highest BCUT2D eigenvalue weighted by atomic mass is 32.2. The smallest absolute Gasteiger partial charge is 0.275 e. The number of hydrogen-bond acceptors (Lipinski definition) is 4. The molecule has 0 bridgehead atoms. The average Bonchev–Trinajstić information content (AvgIpc) is 2.13. The molecule has 102 valence electrons.